The van der Waals surface area contributed by atoms with Crippen molar-refractivity contribution in [2.45, 2.75) is 38.5 Å². The average Bonchev–Trinajstić information content (AvgIpc) is 2.47. The summed E-state index contributed by atoms with van der Waals surface area (Å²) in [5, 5.41) is 4.33. The number of hydrogen-bond acceptors (Lipinski definition) is 0. The van der Waals surface area contributed by atoms with E-state index in [9.17, 15) is 4.39 Å². The molecular formula is C18H17F. The quantitative estimate of drug-likeness (QED) is 0.675. The Hall–Kier alpha value is -1.63. The molecule has 96 valence electrons. The summed E-state index contributed by atoms with van der Waals surface area (Å²) in [4.78, 5) is 0. The molecule has 0 heterocycles. The molecule has 0 bridgehead atoms. The predicted octanol–water partition coefficient (Wildman–Crippen LogP) is 3.21. The first-order valence-corrected chi connectivity index (χ1v) is 7.28. The maximum atomic E-state index is 14.3. The van der Waals surface area contributed by atoms with Crippen LogP contribution in [0.2, 0.25) is 0 Å². The Kier molecular flexibility index (Phi) is 2.48. The number of aryl methyl sites for hydroxylation is 2. The average molecular weight is 252 g/mol. The van der Waals surface area contributed by atoms with Crippen LogP contribution in [0.1, 0.15) is 36.8 Å². The smallest absolute Gasteiger partial charge is 0.131 e. The van der Waals surface area contributed by atoms with Crippen molar-refractivity contribution in [3.8, 4) is 0 Å². The van der Waals surface area contributed by atoms with Crippen LogP contribution in [-0.4, -0.2) is 0 Å². The number of halogens is 1. The van der Waals surface area contributed by atoms with Crippen molar-refractivity contribution in [3.05, 3.63) is 45.6 Å². The van der Waals surface area contributed by atoms with Crippen molar-refractivity contribution in [3.63, 3.8) is 0 Å². The molecule has 0 aromatic heterocycles. The first-order chi connectivity index (χ1) is 9.34. The molecule has 0 radical (unpaired) electrons. The summed E-state index contributed by atoms with van der Waals surface area (Å²) in [6.07, 6.45) is 11.0. The molecule has 0 fully saturated rings. The molecule has 0 nitrogen and oxygen atoms in total. The Morgan fingerprint density at radius 2 is 1.63 bits per heavy atom. The van der Waals surface area contributed by atoms with Crippen LogP contribution < -0.4 is 10.4 Å². The lowest BCUT2D eigenvalue weighted by molar-refractivity contribution is 0.618. The molecule has 0 N–H and O–H groups in total. The van der Waals surface area contributed by atoms with Crippen LogP contribution in [0.4, 0.5) is 4.39 Å². The number of hydrogen-bond donors (Lipinski definition) is 0. The minimum absolute atomic E-state index is 0.0441. The zero-order chi connectivity index (χ0) is 12.8. The third kappa shape index (κ3) is 1.64. The molecular weight excluding hydrogens is 235 g/mol. The van der Waals surface area contributed by atoms with Crippen LogP contribution in [0.5, 0.6) is 0 Å². The second-order valence-corrected chi connectivity index (χ2v) is 5.68. The maximum Gasteiger partial charge on any atom is 0.131 e. The lowest BCUT2D eigenvalue weighted by atomic mass is 9.86. The summed E-state index contributed by atoms with van der Waals surface area (Å²) < 4.78 is 14.3. The highest BCUT2D eigenvalue weighted by Crippen LogP contribution is 2.27. The van der Waals surface area contributed by atoms with E-state index in [4.69, 9.17) is 0 Å². The second-order valence-electron chi connectivity index (χ2n) is 5.68. The molecule has 2 aliphatic carbocycles. The zero-order valence-corrected chi connectivity index (χ0v) is 11.0. The van der Waals surface area contributed by atoms with Crippen LogP contribution >= 0.6 is 0 Å². The van der Waals surface area contributed by atoms with Gasteiger partial charge in [-0.3, -0.25) is 0 Å². The fourth-order valence-corrected chi connectivity index (χ4v) is 3.62. The third-order valence-corrected chi connectivity index (χ3v) is 4.55. The largest absolute Gasteiger partial charge is 0.206 e. The Bertz CT molecular complexity index is 784. The van der Waals surface area contributed by atoms with Crippen molar-refractivity contribution < 1.29 is 4.39 Å². The van der Waals surface area contributed by atoms with E-state index in [2.05, 4.69) is 18.2 Å². The predicted molar refractivity (Wildman–Crippen MR) is 78.0 cm³/mol. The first kappa shape index (κ1) is 11.2. The molecule has 2 aliphatic rings. The van der Waals surface area contributed by atoms with Crippen molar-refractivity contribution in [2.75, 3.05) is 0 Å². The van der Waals surface area contributed by atoms with Crippen LogP contribution in [-0.2, 0) is 12.8 Å². The highest BCUT2D eigenvalue weighted by atomic mass is 19.1. The molecule has 1 heteroatoms. The van der Waals surface area contributed by atoms with Gasteiger partial charge < -0.3 is 0 Å². The number of benzene rings is 2. The monoisotopic (exact) mass is 252 g/mol. The number of rotatable bonds is 0. The Balaban J connectivity index is 2.19. The molecule has 4 rings (SSSR count). The van der Waals surface area contributed by atoms with E-state index in [-0.39, 0.29) is 5.82 Å². The third-order valence-electron chi connectivity index (χ3n) is 4.55. The van der Waals surface area contributed by atoms with E-state index in [0.29, 0.717) is 0 Å². The van der Waals surface area contributed by atoms with Gasteiger partial charge in [-0.2, -0.15) is 0 Å². The highest BCUT2D eigenvalue weighted by molar-refractivity contribution is 5.88. The Labute approximate surface area is 112 Å². The first-order valence-electron chi connectivity index (χ1n) is 7.28. The molecule has 0 spiro atoms. The summed E-state index contributed by atoms with van der Waals surface area (Å²) in [5.74, 6) is -0.0441. The van der Waals surface area contributed by atoms with Crippen molar-refractivity contribution >= 4 is 22.9 Å². The van der Waals surface area contributed by atoms with Gasteiger partial charge in [0.05, 0.1) is 0 Å². The lowest BCUT2D eigenvalue weighted by Gasteiger charge is -2.19. The van der Waals surface area contributed by atoms with E-state index in [1.165, 1.54) is 29.4 Å². The second kappa shape index (κ2) is 4.19. The molecule has 0 aliphatic heterocycles. The van der Waals surface area contributed by atoms with Gasteiger partial charge in [-0.1, -0.05) is 24.3 Å². The summed E-state index contributed by atoms with van der Waals surface area (Å²) in [7, 11) is 0. The van der Waals surface area contributed by atoms with Gasteiger partial charge in [0, 0.05) is 5.22 Å². The van der Waals surface area contributed by atoms with Gasteiger partial charge in [-0.25, -0.2) is 4.39 Å². The molecule has 0 unspecified atom stereocenters. The molecule has 0 saturated carbocycles. The van der Waals surface area contributed by atoms with Gasteiger partial charge in [0.2, 0.25) is 0 Å². The van der Waals surface area contributed by atoms with E-state index in [1.807, 2.05) is 6.08 Å². The normalized spacial score (nSPS) is 17.3. The fourth-order valence-electron chi connectivity index (χ4n) is 3.62. The minimum atomic E-state index is -0.0441. The summed E-state index contributed by atoms with van der Waals surface area (Å²) in [6, 6.07) is 6.23. The van der Waals surface area contributed by atoms with Gasteiger partial charge in [-0.05, 0) is 71.7 Å². The van der Waals surface area contributed by atoms with E-state index < -0.39 is 0 Å². The SMILES string of the molecule is Fc1cc2c3c(ccc2c2c1=CCCC=2)CCCC3. The molecule has 2 aromatic rings. The van der Waals surface area contributed by atoms with Crippen LogP contribution in [0.25, 0.3) is 22.9 Å². The van der Waals surface area contributed by atoms with Crippen molar-refractivity contribution in [1.82, 2.24) is 0 Å². The standard InChI is InChI=1S/C18H17F/c19-18-11-17-13-6-2-1-5-12(13)9-10-15(17)14-7-3-4-8-16(14)18/h7-11H,1-6H2. The number of fused-ring (bicyclic) bond motifs is 5. The molecule has 0 atom stereocenters. The van der Waals surface area contributed by atoms with Gasteiger partial charge in [0.1, 0.15) is 5.82 Å². The minimum Gasteiger partial charge on any atom is -0.206 e. The molecule has 2 aromatic carbocycles. The summed E-state index contributed by atoms with van der Waals surface area (Å²) in [6.45, 7) is 0. The van der Waals surface area contributed by atoms with Crippen molar-refractivity contribution in [1.29, 1.82) is 0 Å². The summed E-state index contributed by atoms with van der Waals surface area (Å²) >= 11 is 0. The molecule has 19 heavy (non-hydrogen) atoms. The van der Waals surface area contributed by atoms with E-state index >= 15 is 0 Å². The van der Waals surface area contributed by atoms with E-state index in [1.54, 1.807) is 6.07 Å². The van der Waals surface area contributed by atoms with Gasteiger partial charge in [0.15, 0.2) is 0 Å². The van der Waals surface area contributed by atoms with Crippen LogP contribution in [0, 0.1) is 5.82 Å². The Morgan fingerprint density at radius 3 is 2.53 bits per heavy atom. The fraction of sp³-hybridized carbons (Fsp3) is 0.333. The highest BCUT2D eigenvalue weighted by Gasteiger charge is 2.14. The van der Waals surface area contributed by atoms with Crippen molar-refractivity contribution in [2.24, 2.45) is 0 Å². The van der Waals surface area contributed by atoms with Gasteiger partial charge in [-0.15, -0.1) is 0 Å². The molecule has 0 saturated heterocycles. The Morgan fingerprint density at radius 1 is 0.842 bits per heavy atom. The maximum absolute atomic E-state index is 14.3. The zero-order valence-electron chi connectivity index (χ0n) is 11.0. The van der Waals surface area contributed by atoms with Crippen LogP contribution in [0.15, 0.2) is 18.2 Å². The van der Waals surface area contributed by atoms with E-state index in [0.717, 1.165) is 41.5 Å². The lowest BCUT2D eigenvalue weighted by Crippen LogP contribution is -2.31. The van der Waals surface area contributed by atoms with Crippen LogP contribution in [0.3, 0.4) is 0 Å². The molecule has 0 amide bonds. The van der Waals surface area contributed by atoms with Gasteiger partial charge >= 0.3 is 0 Å². The topological polar surface area (TPSA) is 0 Å². The van der Waals surface area contributed by atoms with Gasteiger partial charge in [0.25, 0.3) is 0 Å². The summed E-state index contributed by atoms with van der Waals surface area (Å²) in [5.41, 5.74) is 2.82.